The third-order valence-corrected chi connectivity index (χ3v) is 6.85. The second-order valence-corrected chi connectivity index (χ2v) is 8.38. The van der Waals surface area contributed by atoms with Gasteiger partial charge >= 0.3 is 0 Å². The Hall–Kier alpha value is -1.39. The van der Waals surface area contributed by atoms with Crippen LogP contribution in [0, 0.1) is 0 Å². The quantitative estimate of drug-likeness (QED) is 0.339. The van der Waals surface area contributed by atoms with Gasteiger partial charge in [-0.25, -0.2) is 0 Å². The van der Waals surface area contributed by atoms with Gasteiger partial charge in [-0.2, -0.15) is 0 Å². The van der Waals surface area contributed by atoms with Crippen LogP contribution in [-0.4, -0.2) is 0 Å². The number of allylic oxidation sites excluding steroid dienone is 8. The molecule has 0 saturated heterocycles. The zero-order valence-corrected chi connectivity index (χ0v) is 19.7. The zero-order chi connectivity index (χ0) is 20.5. The van der Waals surface area contributed by atoms with E-state index in [0.717, 1.165) is 6.42 Å². The molecule has 0 fully saturated rings. The highest BCUT2D eigenvalue weighted by Gasteiger charge is 2.19. The van der Waals surface area contributed by atoms with Crippen molar-refractivity contribution in [2.75, 3.05) is 0 Å². The molecule has 150 valence electrons. The van der Waals surface area contributed by atoms with Crippen molar-refractivity contribution >= 4 is 13.2 Å². The van der Waals surface area contributed by atoms with Gasteiger partial charge < -0.3 is 0 Å². The first-order chi connectivity index (χ1) is 13.3. The molecular weight excluding hydrogens is 343 g/mol. The van der Waals surface area contributed by atoms with Crippen molar-refractivity contribution in [1.82, 2.24) is 0 Å². The molecule has 0 radical (unpaired) electrons. The maximum atomic E-state index is 2.40. The molecule has 1 aromatic carbocycles. The van der Waals surface area contributed by atoms with Crippen molar-refractivity contribution in [1.29, 1.82) is 0 Å². The molecule has 0 bridgehead atoms. The number of benzene rings is 1. The Morgan fingerprint density at radius 3 is 2.26 bits per heavy atom. The summed E-state index contributed by atoms with van der Waals surface area (Å²) in [7, 11) is -0.399. The highest BCUT2D eigenvalue weighted by atomic mass is 31.1. The molecule has 1 heteroatoms. The predicted octanol–water partition coefficient (Wildman–Crippen LogP) is 9.12. The standard InChI is InChI=1S/C22H29P.2C2H6/c1-4-6-8-13-20(5-2)23(21-14-9-7-10-15-21)22-16-11-12-19(3)17-18-22;2*1-2/h5,7-10,13-15,17-18H,4,6,11-12,16H2,1-3H3;2*1-2H3/b13-8-,20-5+;;. The molecule has 2 rings (SSSR count). The molecule has 1 unspecified atom stereocenters. The summed E-state index contributed by atoms with van der Waals surface area (Å²) < 4.78 is 0. The second-order valence-electron chi connectivity index (χ2n) is 6.10. The van der Waals surface area contributed by atoms with E-state index in [9.17, 15) is 0 Å². The average molecular weight is 385 g/mol. The Morgan fingerprint density at radius 2 is 1.67 bits per heavy atom. The van der Waals surface area contributed by atoms with E-state index >= 15 is 0 Å². The molecule has 0 spiro atoms. The van der Waals surface area contributed by atoms with Gasteiger partial charge in [0.15, 0.2) is 0 Å². The van der Waals surface area contributed by atoms with Crippen molar-refractivity contribution in [3.63, 3.8) is 0 Å². The molecule has 0 nitrogen and oxygen atoms in total. The van der Waals surface area contributed by atoms with E-state index in [1.54, 1.807) is 5.31 Å². The molecule has 1 aliphatic carbocycles. The summed E-state index contributed by atoms with van der Waals surface area (Å²) in [5.41, 5.74) is 1.51. The SMILES string of the molecule is C/C=C(\C=C/CCC)P(C1=CC=C(C)CCC1)c1ccccc1.CC.CC. The maximum absolute atomic E-state index is 2.40. The first-order valence-electron chi connectivity index (χ1n) is 10.8. The van der Waals surface area contributed by atoms with Gasteiger partial charge in [-0.15, -0.1) is 0 Å². The summed E-state index contributed by atoms with van der Waals surface area (Å²) in [5.74, 6) is 0. The van der Waals surface area contributed by atoms with E-state index in [2.05, 4.69) is 81.5 Å². The molecular formula is C26H41P. The van der Waals surface area contributed by atoms with Crippen molar-refractivity contribution in [3.8, 4) is 0 Å². The third kappa shape index (κ3) is 9.39. The van der Waals surface area contributed by atoms with Crippen LogP contribution in [0.15, 0.2) is 76.9 Å². The van der Waals surface area contributed by atoms with Crippen molar-refractivity contribution < 1.29 is 0 Å². The van der Waals surface area contributed by atoms with E-state index < -0.39 is 7.92 Å². The Morgan fingerprint density at radius 1 is 1.00 bits per heavy atom. The van der Waals surface area contributed by atoms with Gasteiger partial charge in [-0.05, 0) is 63.4 Å². The maximum Gasteiger partial charge on any atom is -0.0154 e. The molecule has 1 aromatic rings. The number of hydrogen-bond acceptors (Lipinski definition) is 0. The molecule has 0 amide bonds. The number of unbranched alkanes of at least 4 members (excludes halogenated alkanes) is 1. The van der Waals surface area contributed by atoms with Crippen LogP contribution in [0.25, 0.3) is 0 Å². The summed E-state index contributed by atoms with van der Waals surface area (Å²) in [6.45, 7) is 14.7. The van der Waals surface area contributed by atoms with E-state index in [1.807, 2.05) is 27.7 Å². The number of hydrogen-bond donors (Lipinski definition) is 0. The van der Waals surface area contributed by atoms with Gasteiger partial charge in [0, 0.05) is 0 Å². The van der Waals surface area contributed by atoms with Gasteiger partial charge in [0.05, 0.1) is 0 Å². The van der Waals surface area contributed by atoms with Gasteiger partial charge in [-0.3, -0.25) is 0 Å². The van der Waals surface area contributed by atoms with Gasteiger partial charge in [0.1, 0.15) is 0 Å². The minimum Gasteiger partial charge on any atom is -0.0839 e. The monoisotopic (exact) mass is 384 g/mol. The minimum atomic E-state index is -0.399. The molecule has 0 saturated carbocycles. The van der Waals surface area contributed by atoms with Crippen LogP contribution in [0.2, 0.25) is 0 Å². The van der Waals surface area contributed by atoms with Gasteiger partial charge in [0.25, 0.3) is 0 Å². The summed E-state index contributed by atoms with van der Waals surface area (Å²) in [4.78, 5) is 0. The lowest BCUT2D eigenvalue weighted by Gasteiger charge is -2.22. The summed E-state index contributed by atoms with van der Waals surface area (Å²) in [6, 6.07) is 11.1. The van der Waals surface area contributed by atoms with Crippen LogP contribution in [0.5, 0.6) is 0 Å². The summed E-state index contributed by atoms with van der Waals surface area (Å²) >= 11 is 0. The van der Waals surface area contributed by atoms with Crippen LogP contribution in [0.4, 0.5) is 0 Å². The van der Waals surface area contributed by atoms with E-state index in [4.69, 9.17) is 0 Å². The Balaban J connectivity index is 0.00000158. The smallest absolute Gasteiger partial charge is 0.0154 e. The van der Waals surface area contributed by atoms with E-state index in [1.165, 1.54) is 41.9 Å². The van der Waals surface area contributed by atoms with Gasteiger partial charge in [0.2, 0.25) is 0 Å². The van der Waals surface area contributed by atoms with E-state index in [-0.39, 0.29) is 0 Å². The first-order valence-corrected chi connectivity index (χ1v) is 12.1. The molecule has 0 heterocycles. The van der Waals surface area contributed by atoms with Crippen LogP contribution in [0.3, 0.4) is 0 Å². The van der Waals surface area contributed by atoms with Crippen molar-refractivity contribution in [2.24, 2.45) is 0 Å². The lowest BCUT2D eigenvalue weighted by atomic mass is 10.1. The molecule has 27 heavy (non-hydrogen) atoms. The van der Waals surface area contributed by atoms with Crippen LogP contribution < -0.4 is 5.30 Å². The lowest BCUT2D eigenvalue weighted by molar-refractivity contribution is 0.834. The largest absolute Gasteiger partial charge is 0.0839 e. The highest BCUT2D eigenvalue weighted by Crippen LogP contribution is 2.54. The Bertz CT molecular complexity index is 602. The zero-order valence-electron chi connectivity index (χ0n) is 18.8. The van der Waals surface area contributed by atoms with Crippen molar-refractivity contribution in [2.45, 2.75) is 80.6 Å². The van der Waals surface area contributed by atoms with Crippen LogP contribution in [-0.2, 0) is 0 Å². The van der Waals surface area contributed by atoms with Crippen molar-refractivity contribution in [3.05, 3.63) is 76.9 Å². The van der Waals surface area contributed by atoms with Crippen LogP contribution >= 0.6 is 7.92 Å². The molecule has 0 aliphatic heterocycles. The topological polar surface area (TPSA) is 0 Å². The second kappa shape index (κ2) is 16.8. The number of rotatable bonds is 6. The van der Waals surface area contributed by atoms with Crippen LogP contribution in [0.1, 0.15) is 80.6 Å². The molecule has 1 atom stereocenters. The fraction of sp³-hybridized carbons (Fsp3) is 0.462. The predicted molar refractivity (Wildman–Crippen MR) is 129 cm³/mol. The summed E-state index contributed by atoms with van der Waals surface area (Å²) in [5, 5.41) is 4.56. The first kappa shape index (κ1) is 25.6. The molecule has 0 N–H and O–H groups in total. The van der Waals surface area contributed by atoms with Gasteiger partial charge in [-0.1, -0.05) is 107 Å². The fourth-order valence-corrected chi connectivity index (χ4v) is 5.42. The Labute approximate surface area is 170 Å². The normalized spacial score (nSPS) is 15.4. The minimum absolute atomic E-state index is 0.399. The fourth-order valence-electron chi connectivity index (χ4n) is 2.87. The molecule has 1 aliphatic rings. The highest BCUT2D eigenvalue weighted by molar-refractivity contribution is 7.73. The molecule has 0 aromatic heterocycles. The lowest BCUT2D eigenvalue weighted by Crippen LogP contribution is -2.03. The summed E-state index contributed by atoms with van der Waals surface area (Å²) in [6.07, 6.45) is 17.8. The average Bonchev–Trinajstić information content (AvgIpc) is 2.95. The Kier molecular flexibility index (Phi) is 15.9. The van der Waals surface area contributed by atoms with E-state index in [0.29, 0.717) is 0 Å². The third-order valence-electron chi connectivity index (χ3n) is 4.16.